The highest BCUT2D eigenvalue weighted by molar-refractivity contribution is 5.72. The van der Waals surface area contributed by atoms with E-state index in [1.807, 2.05) is 6.92 Å². The van der Waals surface area contributed by atoms with Crippen molar-refractivity contribution in [2.45, 2.75) is 65.7 Å². The lowest BCUT2D eigenvalue weighted by Gasteiger charge is -2.07. The second kappa shape index (κ2) is 10.7. The Morgan fingerprint density at radius 3 is 2.44 bits per heavy atom. The third-order valence-corrected chi connectivity index (χ3v) is 2.52. The van der Waals surface area contributed by atoms with E-state index in [2.05, 4.69) is 19.9 Å². The molecule has 0 bridgehead atoms. The number of rotatable bonds is 9. The molecule has 0 aliphatic carbocycles. The van der Waals surface area contributed by atoms with Gasteiger partial charge in [-0.1, -0.05) is 44.8 Å². The van der Waals surface area contributed by atoms with Crippen molar-refractivity contribution in [2.75, 3.05) is 6.61 Å². The summed E-state index contributed by atoms with van der Waals surface area (Å²) in [7, 11) is 0. The fourth-order valence-electron chi connectivity index (χ4n) is 1.73. The average molecular weight is 226 g/mol. The Hall–Kier alpha value is -0.790. The maximum absolute atomic E-state index is 11.4. The Kier molecular flexibility index (Phi) is 10.2. The highest BCUT2D eigenvalue weighted by Crippen LogP contribution is 2.15. The fourth-order valence-corrected chi connectivity index (χ4v) is 1.73. The Labute approximate surface area is 100 Å². The second-order valence-electron chi connectivity index (χ2n) is 4.06. The van der Waals surface area contributed by atoms with Gasteiger partial charge in [-0.3, -0.25) is 4.79 Å². The molecule has 0 saturated heterocycles. The van der Waals surface area contributed by atoms with E-state index in [0.717, 1.165) is 12.8 Å². The number of hydrogen-bond acceptors (Lipinski definition) is 2. The second-order valence-corrected chi connectivity index (χ2v) is 4.06. The van der Waals surface area contributed by atoms with E-state index < -0.39 is 0 Å². The molecule has 0 fully saturated rings. The van der Waals surface area contributed by atoms with Gasteiger partial charge in [0.25, 0.3) is 0 Å². The predicted octanol–water partition coefficient (Wildman–Crippen LogP) is 4.25. The van der Waals surface area contributed by atoms with Crippen molar-refractivity contribution < 1.29 is 9.53 Å². The smallest absolute Gasteiger partial charge is 0.309 e. The van der Waals surface area contributed by atoms with Crippen molar-refractivity contribution in [1.82, 2.24) is 0 Å². The zero-order valence-corrected chi connectivity index (χ0v) is 11.1. The lowest BCUT2D eigenvalue weighted by atomic mass is 10.0. The number of esters is 1. The van der Waals surface area contributed by atoms with Crippen molar-refractivity contribution in [3.05, 3.63) is 11.6 Å². The summed E-state index contributed by atoms with van der Waals surface area (Å²) in [6.07, 6.45) is 9.70. The van der Waals surface area contributed by atoms with Crippen molar-refractivity contribution in [2.24, 2.45) is 0 Å². The summed E-state index contributed by atoms with van der Waals surface area (Å²) in [5.74, 6) is -0.0855. The van der Waals surface area contributed by atoms with E-state index in [9.17, 15) is 4.79 Å². The van der Waals surface area contributed by atoms with Crippen molar-refractivity contribution in [3.63, 3.8) is 0 Å². The summed E-state index contributed by atoms with van der Waals surface area (Å²) < 4.78 is 4.97. The molecular weight excluding hydrogens is 200 g/mol. The molecule has 0 unspecified atom stereocenters. The molecule has 0 aromatic rings. The molecular formula is C14H26O2. The summed E-state index contributed by atoms with van der Waals surface area (Å²) in [6.45, 7) is 6.65. The van der Waals surface area contributed by atoms with Crippen LogP contribution in [0.3, 0.4) is 0 Å². The summed E-state index contributed by atoms with van der Waals surface area (Å²) in [5, 5.41) is 0. The predicted molar refractivity (Wildman–Crippen MR) is 68.4 cm³/mol. The minimum atomic E-state index is -0.0855. The van der Waals surface area contributed by atoms with Gasteiger partial charge in [-0.2, -0.15) is 0 Å². The van der Waals surface area contributed by atoms with E-state index in [1.165, 1.54) is 31.3 Å². The van der Waals surface area contributed by atoms with Crippen LogP contribution in [0.1, 0.15) is 65.7 Å². The van der Waals surface area contributed by atoms with E-state index in [0.29, 0.717) is 13.0 Å². The summed E-state index contributed by atoms with van der Waals surface area (Å²) in [4.78, 5) is 11.4. The molecule has 0 amide bonds. The SMILES string of the molecule is CCC=C(CCCCCC)CC(=O)OCC. The molecule has 0 aliphatic heterocycles. The number of unbranched alkanes of at least 4 members (excludes halogenated alkanes) is 3. The first-order valence-electron chi connectivity index (χ1n) is 6.58. The Morgan fingerprint density at radius 2 is 1.88 bits per heavy atom. The van der Waals surface area contributed by atoms with Crippen LogP contribution in [0.4, 0.5) is 0 Å². The number of allylic oxidation sites excluding steroid dienone is 1. The molecule has 0 aliphatic rings. The fraction of sp³-hybridized carbons (Fsp3) is 0.786. The van der Waals surface area contributed by atoms with Crippen LogP contribution in [0.2, 0.25) is 0 Å². The van der Waals surface area contributed by atoms with Crippen LogP contribution in [0, 0.1) is 0 Å². The lowest BCUT2D eigenvalue weighted by molar-refractivity contribution is -0.142. The van der Waals surface area contributed by atoms with Crippen molar-refractivity contribution in [1.29, 1.82) is 0 Å². The number of carbonyl (C=O) groups is 1. The summed E-state index contributed by atoms with van der Waals surface area (Å²) >= 11 is 0. The molecule has 0 atom stereocenters. The largest absolute Gasteiger partial charge is 0.466 e. The molecule has 16 heavy (non-hydrogen) atoms. The highest BCUT2D eigenvalue weighted by Gasteiger charge is 2.06. The third-order valence-electron chi connectivity index (χ3n) is 2.52. The van der Waals surface area contributed by atoms with Crippen molar-refractivity contribution >= 4 is 5.97 Å². The normalized spacial score (nSPS) is 11.6. The van der Waals surface area contributed by atoms with E-state index >= 15 is 0 Å². The highest BCUT2D eigenvalue weighted by atomic mass is 16.5. The van der Waals surface area contributed by atoms with E-state index in [-0.39, 0.29) is 5.97 Å². The number of ether oxygens (including phenoxy) is 1. The van der Waals surface area contributed by atoms with Crippen LogP contribution in [0.25, 0.3) is 0 Å². The van der Waals surface area contributed by atoms with Crippen LogP contribution in [-0.4, -0.2) is 12.6 Å². The maximum Gasteiger partial charge on any atom is 0.309 e. The lowest BCUT2D eigenvalue weighted by Crippen LogP contribution is -2.05. The molecule has 2 heteroatoms. The quantitative estimate of drug-likeness (QED) is 0.334. The van der Waals surface area contributed by atoms with Crippen molar-refractivity contribution in [3.8, 4) is 0 Å². The van der Waals surface area contributed by atoms with E-state index in [1.54, 1.807) is 0 Å². The molecule has 0 rings (SSSR count). The first kappa shape index (κ1) is 15.2. The van der Waals surface area contributed by atoms with Crippen LogP contribution in [-0.2, 0) is 9.53 Å². The van der Waals surface area contributed by atoms with Gasteiger partial charge in [0.05, 0.1) is 13.0 Å². The average Bonchev–Trinajstić information content (AvgIpc) is 2.25. The van der Waals surface area contributed by atoms with Gasteiger partial charge in [-0.15, -0.1) is 0 Å². The minimum absolute atomic E-state index is 0.0855. The van der Waals surface area contributed by atoms with Gasteiger partial charge in [0.1, 0.15) is 0 Å². The maximum atomic E-state index is 11.4. The van der Waals surface area contributed by atoms with Gasteiger partial charge in [-0.25, -0.2) is 0 Å². The van der Waals surface area contributed by atoms with Gasteiger partial charge in [0.2, 0.25) is 0 Å². The van der Waals surface area contributed by atoms with Gasteiger partial charge < -0.3 is 4.74 Å². The van der Waals surface area contributed by atoms with Crippen LogP contribution in [0.15, 0.2) is 11.6 Å². The van der Waals surface area contributed by atoms with Crippen LogP contribution in [0.5, 0.6) is 0 Å². The Morgan fingerprint density at radius 1 is 1.12 bits per heavy atom. The molecule has 0 N–H and O–H groups in total. The first-order valence-corrected chi connectivity index (χ1v) is 6.58. The summed E-state index contributed by atoms with van der Waals surface area (Å²) in [5.41, 5.74) is 1.25. The zero-order chi connectivity index (χ0) is 12.2. The summed E-state index contributed by atoms with van der Waals surface area (Å²) in [6, 6.07) is 0. The molecule has 0 saturated carbocycles. The molecule has 0 heterocycles. The molecule has 0 aromatic heterocycles. The third kappa shape index (κ3) is 8.51. The van der Waals surface area contributed by atoms with Gasteiger partial charge in [0, 0.05) is 0 Å². The molecule has 2 nitrogen and oxygen atoms in total. The molecule has 0 aromatic carbocycles. The van der Waals surface area contributed by atoms with Gasteiger partial charge in [-0.05, 0) is 26.2 Å². The Bertz CT molecular complexity index is 207. The minimum Gasteiger partial charge on any atom is -0.466 e. The van der Waals surface area contributed by atoms with Crippen LogP contribution < -0.4 is 0 Å². The molecule has 94 valence electrons. The number of carbonyl (C=O) groups excluding carboxylic acids is 1. The first-order chi connectivity index (χ1) is 7.74. The van der Waals surface area contributed by atoms with Gasteiger partial charge >= 0.3 is 5.97 Å². The zero-order valence-electron chi connectivity index (χ0n) is 11.1. The standard InChI is InChI=1S/C14H26O2/c1-4-7-8-9-11-13(10-5-2)12-14(15)16-6-3/h10H,4-9,11-12H2,1-3H3. The molecule has 0 radical (unpaired) electrons. The topological polar surface area (TPSA) is 26.3 Å². The Balaban J connectivity index is 3.88. The van der Waals surface area contributed by atoms with E-state index in [4.69, 9.17) is 4.74 Å². The monoisotopic (exact) mass is 226 g/mol. The molecule has 0 spiro atoms. The van der Waals surface area contributed by atoms with Gasteiger partial charge in [0.15, 0.2) is 0 Å². The number of hydrogen-bond donors (Lipinski definition) is 0. The van der Waals surface area contributed by atoms with Crippen LogP contribution >= 0.6 is 0 Å².